The summed E-state index contributed by atoms with van der Waals surface area (Å²) in [4.78, 5) is 22.8. The van der Waals surface area contributed by atoms with Crippen LogP contribution >= 0.6 is 0 Å². The van der Waals surface area contributed by atoms with E-state index in [1.807, 2.05) is 36.1 Å². The highest BCUT2D eigenvalue weighted by Crippen LogP contribution is 2.31. The van der Waals surface area contributed by atoms with Gasteiger partial charge in [-0.1, -0.05) is 36.4 Å². The van der Waals surface area contributed by atoms with E-state index in [1.165, 1.54) is 17.2 Å². The number of hydrogen-bond donors (Lipinski definition) is 0. The lowest BCUT2D eigenvalue weighted by molar-refractivity contribution is 0.0731. The molecule has 5 rings (SSSR count). The predicted molar refractivity (Wildman–Crippen MR) is 128 cm³/mol. The quantitative estimate of drug-likeness (QED) is 0.562. The summed E-state index contributed by atoms with van der Waals surface area (Å²) in [5, 5.41) is 0. The van der Waals surface area contributed by atoms with Gasteiger partial charge in [0, 0.05) is 31.2 Å². The molecule has 0 spiro atoms. The van der Waals surface area contributed by atoms with Crippen molar-refractivity contribution < 1.29 is 9.18 Å². The first-order chi connectivity index (χ1) is 16.1. The molecule has 33 heavy (non-hydrogen) atoms. The van der Waals surface area contributed by atoms with Gasteiger partial charge in [-0.05, 0) is 80.2 Å². The molecule has 2 aliphatic rings. The maximum atomic E-state index is 13.6. The minimum Gasteiger partial charge on any atom is -0.334 e. The van der Waals surface area contributed by atoms with Crippen molar-refractivity contribution in [3.63, 3.8) is 0 Å². The number of hydrogen-bond acceptors (Lipinski definition) is 3. The lowest BCUT2D eigenvalue weighted by Gasteiger charge is -2.33. The second kappa shape index (κ2) is 9.44. The molecule has 1 amide bonds. The lowest BCUT2D eigenvalue weighted by Crippen LogP contribution is -2.37. The van der Waals surface area contributed by atoms with Crippen molar-refractivity contribution in [3.05, 3.63) is 100 Å². The number of nitrogens with zero attached hydrogens (tertiary/aromatic N) is 3. The fourth-order valence-corrected chi connectivity index (χ4v) is 5.17. The first-order valence-electron chi connectivity index (χ1n) is 11.9. The number of amides is 1. The Morgan fingerprint density at radius 2 is 1.79 bits per heavy atom. The first kappa shape index (κ1) is 21.8. The Bertz CT molecular complexity index is 1150. The van der Waals surface area contributed by atoms with Crippen LogP contribution in [0.15, 0.2) is 60.7 Å². The molecule has 5 heteroatoms. The predicted octanol–water partition coefficient (Wildman–Crippen LogP) is 5.11. The second-order valence-electron chi connectivity index (χ2n) is 9.31. The third-order valence-corrected chi connectivity index (χ3v) is 6.98. The van der Waals surface area contributed by atoms with Crippen LogP contribution in [0, 0.1) is 12.7 Å². The molecule has 4 nitrogen and oxygen atoms in total. The van der Waals surface area contributed by atoms with E-state index in [2.05, 4.69) is 23.1 Å². The minimum atomic E-state index is -0.185. The van der Waals surface area contributed by atoms with Gasteiger partial charge < -0.3 is 4.90 Å². The molecular weight excluding hydrogens is 413 g/mol. The van der Waals surface area contributed by atoms with Gasteiger partial charge in [0.15, 0.2) is 0 Å². The molecule has 1 fully saturated rings. The van der Waals surface area contributed by atoms with E-state index in [0.29, 0.717) is 6.54 Å². The Morgan fingerprint density at radius 3 is 2.58 bits per heavy atom. The van der Waals surface area contributed by atoms with Crippen LogP contribution in [0.5, 0.6) is 0 Å². The topological polar surface area (TPSA) is 36.4 Å². The van der Waals surface area contributed by atoms with E-state index in [4.69, 9.17) is 4.98 Å². The fourth-order valence-electron chi connectivity index (χ4n) is 5.17. The zero-order valence-corrected chi connectivity index (χ0v) is 19.1. The summed E-state index contributed by atoms with van der Waals surface area (Å²) in [6, 6.07) is 19.2. The number of aryl methyl sites for hydroxylation is 1. The molecule has 0 N–H and O–H groups in total. The summed E-state index contributed by atoms with van der Waals surface area (Å²) in [6.07, 6.45) is 2.80. The summed E-state index contributed by atoms with van der Waals surface area (Å²) >= 11 is 0. The summed E-state index contributed by atoms with van der Waals surface area (Å²) in [6.45, 7) is 5.99. The first-order valence-corrected chi connectivity index (χ1v) is 11.9. The molecule has 0 bridgehead atoms. The van der Waals surface area contributed by atoms with Gasteiger partial charge in [0.25, 0.3) is 5.91 Å². The zero-order chi connectivity index (χ0) is 22.8. The van der Waals surface area contributed by atoms with Crippen LogP contribution in [0.1, 0.15) is 57.2 Å². The van der Waals surface area contributed by atoms with E-state index >= 15 is 0 Å². The smallest absolute Gasteiger partial charge is 0.256 e. The van der Waals surface area contributed by atoms with Crippen LogP contribution in [0.25, 0.3) is 0 Å². The number of carbonyl (C=O) groups excluding carboxylic acids is 1. The minimum absolute atomic E-state index is 0.0918. The molecule has 170 valence electrons. The van der Waals surface area contributed by atoms with Crippen LogP contribution in [0.3, 0.4) is 0 Å². The SMILES string of the molecule is Cc1ccc(C(=O)N2CCc3ccccc3C2)c(C2CCN(Cc3cccc(F)c3)CC2)n1. The molecule has 2 aliphatic heterocycles. The van der Waals surface area contributed by atoms with Gasteiger partial charge in [-0.3, -0.25) is 14.7 Å². The summed E-state index contributed by atoms with van der Waals surface area (Å²) in [7, 11) is 0. The average Bonchev–Trinajstić information content (AvgIpc) is 2.84. The van der Waals surface area contributed by atoms with Gasteiger partial charge in [-0.2, -0.15) is 0 Å². The van der Waals surface area contributed by atoms with E-state index in [1.54, 1.807) is 12.1 Å². The van der Waals surface area contributed by atoms with Gasteiger partial charge in [-0.15, -0.1) is 0 Å². The van der Waals surface area contributed by atoms with E-state index in [-0.39, 0.29) is 17.6 Å². The molecule has 2 aromatic carbocycles. The average molecular weight is 444 g/mol. The Balaban J connectivity index is 1.30. The number of benzene rings is 2. The van der Waals surface area contributed by atoms with E-state index < -0.39 is 0 Å². The van der Waals surface area contributed by atoms with Crippen molar-refractivity contribution in [1.29, 1.82) is 0 Å². The van der Waals surface area contributed by atoms with Crippen LogP contribution in [0.2, 0.25) is 0 Å². The summed E-state index contributed by atoms with van der Waals surface area (Å²) in [5.74, 6) is 0.175. The van der Waals surface area contributed by atoms with Gasteiger partial charge in [-0.25, -0.2) is 4.39 Å². The Kier molecular flexibility index (Phi) is 6.23. The van der Waals surface area contributed by atoms with E-state index in [0.717, 1.165) is 68.0 Å². The van der Waals surface area contributed by atoms with Gasteiger partial charge >= 0.3 is 0 Å². The number of carbonyl (C=O) groups is 1. The third-order valence-electron chi connectivity index (χ3n) is 6.98. The number of fused-ring (bicyclic) bond motifs is 1. The number of halogens is 1. The Labute approximate surface area is 195 Å². The molecule has 1 saturated heterocycles. The number of likely N-dealkylation sites (tertiary alicyclic amines) is 1. The van der Waals surface area contributed by atoms with Crippen molar-refractivity contribution in [1.82, 2.24) is 14.8 Å². The maximum Gasteiger partial charge on any atom is 0.256 e. The molecule has 0 radical (unpaired) electrons. The number of rotatable bonds is 4. The van der Waals surface area contributed by atoms with Crippen molar-refractivity contribution in [2.24, 2.45) is 0 Å². The Hall–Kier alpha value is -3.05. The monoisotopic (exact) mass is 443 g/mol. The van der Waals surface area contributed by atoms with Crippen molar-refractivity contribution >= 4 is 5.91 Å². The van der Waals surface area contributed by atoms with Crippen LogP contribution in [-0.4, -0.2) is 40.3 Å². The molecule has 3 heterocycles. The zero-order valence-electron chi connectivity index (χ0n) is 19.1. The number of aromatic nitrogens is 1. The Morgan fingerprint density at radius 1 is 1.00 bits per heavy atom. The number of pyridine rings is 1. The molecule has 3 aromatic rings. The third kappa shape index (κ3) is 4.83. The molecule has 1 aromatic heterocycles. The highest BCUT2D eigenvalue weighted by molar-refractivity contribution is 5.95. The largest absolute Gasteiger partial charge is 0.334 e. The van der Waals surface area contributed by atoms with Crippen molar-refractivity contribution in [2.45, 2.75) is 45.2 Å². The standard InChI is InChI=1S/C28H30FN3O/c1-20-9-10-26(28(33)32-16-13-22-6-2-3-7-24(22)19-32)27(30-20)23-11-14-31(15-12-23)18-21-5-4-8-25(29)17-21/h2-10,17,23H,11-16,18-19H2,1H3. The fraction of sp³-hybridized carbons (Fsp3) is 0.357. The van der Waals surface area contributed by atoms with Crippen LogP contribution < -0.4 is 0 Å². The normalized spacial score (nSPS) is 17.1. The molecule has 0 unspecified atom stereocenters. The molecular formula is C28H30FN3O. The van der Waals surface area contributed by atoms with Crippen molar-refractivity contribution in [2.75, 3.05) is 19.6 Å². The summed E-state index contributed by atoms with van der Waals surface area (Å²) < 4.78 is 13.5. The van der Waals surface area contributed by atoms with Gasteiger partial charge in [0.1, 0.15) is 5.82 Å². The van der Waals surface area contributed by atoms with Gasteiger partial charge in [0.2, 0.25) is 0 Å². The number of piperidine rings is 1. The highest BCUT2D eigenvalue weighted by Gasteiger charge is 2.29. The van der Waals surface area contributed by atoms with Gasteiger partial charge in [0.05, 0.1) is 11.3 Å². The second-order valence-corrected chi connectivity index (χ2v) is 9.31. The summed E-state index contributed by atoms with van der Waals surface area (Å²) in [5.41, 5.74) is 6.24. The van der Waals surface area contributed by atoms with E-state index in [9.17, 15) is 9.18 Å². The van der Waals surface area contributed by atoms with Crippen molar-refractivity contribution in [3.8, 4) is 0 Å². The molecule has 0 atom stereocenters. The van der Waals surface area contributed by atoms with Crippen LogP contribution in [0.4, 0.5) is 4.39 Å². The maximum absolute atomic E-state index is 13.6. The molecule has 0 saturated carbocycles. The molecule has 0 aliphatic carbocycles. The highest BCUT2D eigenvalue weighted by atomic mass is 19.1. The van der Waals surface area contributed by atoms with Crippen LogP contribution in [-0.2, 0) is 19.5 Å². The lowest BCUT2D eigenvalue weighted by atomic mass is 9.89.